The zero-order chi connectivity index (χ0) is 46.9. The van der Waals surface area contributed by atoms with Crippen molar-refractivity contribution in [2.75, 3.05) is 40.3 Å². The van der Waals surface area contributed by atoms with Crippen LogP contribution in [0.2, 0.25) is 0 Å². The third-order valence-corrected chi connectivity index (χ3v) is 11.1. The van der Waals surface area contributed by atoms with Gasteiger partial charge in [-0.15, -0.1) is 0 Å². The molecule has 64 heavy (non-hydrogen) atoms. The van der Waals surface area contributed by atoms with Gasteiger partial charge in [-0.1, -0.05) is 57.2 Å². The number of phenols is 1. The number of ether oxygens (including phenoxy) is 1. The first-order valence-electron chi connectivity index (χ1n) is 21.3. The molecule has 5 amide bonds. The molecule has 4 bridgehead atoms. The van der Waals surface area contributed by atoms with Gasteiger partial charge >= 0.3 is 0 Å². The van der Waals surface area contributed by atoms with Crippen molar-refractivity contribution < 1.29 is 33.8 Å². The summed E-state index contributed by atoms with van der Waals surface area (Å²) >= 11 is 0. The Morgan fingerprint density at radius 1 is 0.984 bits per heavy atom. The molecular weight excluding hydrogens is 815 g/mol. The lowest BCUT2D eigenvalue weighted by Gasteiger charge is -2.32. The fraction of sp³-hybridized carbons (Fsp3) is 0.396. The van der Waals surface area contributed by atoms with E-state index in [1.54, 1.807) is 51.2 Å². The first-order valence-corrected chi connectivity index (χ1v) is 21.3. The number of carbonyl (C=O) groups excluding carboxylic acids is 5. The van der Waals surface area contributed by atoms with Gasteiger partial charge in [0.15, 0.2) is 0 Å². The molecule has 2 heterocycles. The molecule has 1 aliphatic heterocycles. The van der Waals surface area contributed by atoms with E-state index in [1.807, 2.05) is 18.2 Å². The van der Waals surface area contributed by atoms with Crippen LogP contribution in [0, 0.1) is 13.8 Å². The number of carbonyl (C=O) groups is 5. The predicted octanol–water partition coefficient (Wildman–Crippen LogP) is 3.38. The summed E-state index contributed by atoms with van der Waals surface area (Å²) in [5.74, 6) is -2.88. The minimum atomic E-state index is -1.39. The van der Waals surface area contributed by atoms with Crippen LogP contribution in [0.3, 0.4) is 0 Å². The Morgan fingerprint density at radius 3 is 2.34 bits per heavy atom. The average molecular weight is 876 g/mol. The molecule has 0 saturated heterocycles. The monoisotopic (exact) mass is 875 g/mol. The SMILES string of the molecule is C/N=C/CNC(=O)[C@@H]1Cc2ccc(O)c(c2)-c2cc(ccc2OCCN)[C@H](N(C)C(=O)[C@H](CCN)NC(=O)c2c(C)cc(-c3ccc(C(C)(C)C)cc3)nc2C)C(=O)N[C@@H](C)C(=O)N1. The smallest absolute Gasteiger partial charge is 0.254 e. The highest BCUT2D eigenvalue weighted by Gasteiger charge is 2.36. The van der Waals surface area contributed by atoms with Crippen LogP contribution in [-0.2, 0) is 31.0 Å². The lowest BCUT2D eigenvalue weighted by Crippen LogP contribution is -2.56. The molecule has 9 N–H and O–H groups in total. The molecule has 16 heteroatoms. The number of nitrogens with one attached hydrogen (secondary N) is 4. The summed E-state index contributed by atoms with van der Waals surface area (Å²) < 4.78 is 6.01. The Morgan fingerprint density at radius 2 is 1.70 bits per heavy atom. The van der Waals surface area contributed by atoms with Crippen LogP contribution in [0.4, 0.5) is 0 Å². The van der Waals surface area contributed by atoms with Gasteiger partial charge in [0.25, 0.3) is 5.91 Å². The van der Waals surface area contributed by atoms with Gasteiger partial charge in [-0.2, -0.15) is 0 Å². The number of hydrogen-bond donors (Lipinski definition) is 7. The number of aliphatic imine (C=N–C) groups is 1. The van der Waals surface area contributed by atoms with Crippen LogP contribution < -0.4 is 37.5 Å². The number of benzene rings is 3. The second-order valence-corrected chi connectivity index (χ2v) is 17.0. The van der Waals surface area contributed by atoms with E-state index < -0.39 is 53.7 Å². The van der Waals surface area contributed by atoms with Gasteiger partial charge in [-0.3, -0.25) is 33.9 Å². The Hall–Kier alpha value is -6.65. The van der Waals surface area contributed by atoms with Crippen molar-refractivity contribution in [2.45, 2.75) is 84.0 Å². The molecule has 0 aliphatic carbocycles. The highest BCUT2D eigenvalue weighted by molar-refractivity contribution is 6.01. The third-order valence-electron chi connectivity index (χ3n) is 11.1. The standard InChI is InChI=1S/C48H61N9O7/c1-27-23-37(31-10-13-33(14-11-31)48(4,5)6)53-28(2)41(27)45(61)55-36(17-18-49)47(63)57(8)42-32-12-16-40(64-22-19-50)35(26-32)34-24-30(9-15-39(34)58)25-38(44(60)52-21-20-51-7)56-43(59)29(3)54-46(42)62/h9-16,20,23-24,26,29,36,38,42,58H,17-19,21-22,25,49-50H2,1-8H3,(H,52,60)(H,54,62)(H,55,61)(H,56,59)/b51-20+/t29-,36-,38-,42-/m0/s1. The largest absolute Gasteiger partial charge is 0.507 e. The Kier molecular flexibility index (Phi) is 16.0. The second kappa shape index (κ2) is 21.1. The van der Waals surface area contributed by atoms with Gasteiger partial charge < -0.3 is 47.5 Å². The van der Waals surface area contributed by atoms with Gasteiger partial charge in [0.1, 0.15) is 42.3 Å². The van der Waals surface area contributed by atoms with Gasteiger partial charge in [0.05, 0.1) is 23.5 Å². The maximum Gasteiger partial charge on any atom is 0.254 e. The maximum absolute atomic E-state index is 14.6. The van der Waals surface area contributed by atoms with Crippen LogP contribution in [0.15, 0.2) is 71.7 Å². The Labute approximate surface area is 374 Å². The lowest BCUT2D eigenvalue weighted by atomic mass is 9.86. The van der Waals surface area contributed by atoms with Gasteiger partial charge in [-0.05, 0) is 91.7 Å². The summed E-state index contributed by atoms with van der Waals surface area (Å²) in [6.07, 6.45) is 1.56. The highest BCUT2D eigenvalue weighted by Crippen LogP contribution is 2.39. The van der Waals surface area contributed by atoms with E-state index in [0.717, 1.165) is 5.56 Å². The fourth-order valence-electron chi connectivity index (χ4n) is 7.65. The summed E-state index contributed by atoms with van der Waals surface area (Å²) in [4.78, 5) is 80.2. The minimum absolute atomic E-state index is 0.0191. The molecule has 4 atom stereocenters. The normalized spacial score (nSPS) is 17.1. The minimum Gasteiger partial charge on any atom is -0.507 e. The first-order chi connectivity index (χ1) is 30.4. The van der Waals surface area contributed by atoms with Crippen molar-refractivity contribution >= 4 is 35.8 Å². The number of likely N-dealkylation sites (N-methyl/N-ethyl adjacent to an activating group) is 1. The molecule has 1 aliphatic rings. The number of amides is 5. The number of aromatic nitrogens is 1. The predicted molar refractivity (Wildman–Crippen MR) is 247 cm³/mol. The van der Waals surface area contributed by atoms with E-state index in [9.17, 15) is 29.1 Å². The number of aryl methyl sites for hydroxylation is 2. The van der Waals surface area contributed by atoms with Crippen LogP contribution in [0.25, 0.3) is 22.4 Å². The molecule has 16 nitrogen and oxygen atoms in total. The van der Waals surface area contributed by atoms with Crippen molar-refractivity contribution in [1.29, 1.82) is 0 Å². The van der Waals surface area contributed by atoms with E-state index in [-0.39, 0.29) is 50.2 Å². The number of phenolic OH excluding ortho intramolecular Hbond substituents is 1. The molecule has 1 aromatic heterocycles. The van der Waals surface area contributed by atoms with E-state index in [4.69, 9.17) is 21.2 Å². The Balaban J connectivity index is 1.53. The molecule has 0 fully saturated rings. The zero-order valence-corrected chi connectivity index (χ0v) is 37.9. The molecule has 0 unspecified atom stereocenters. The summed E-state index contributed by atoms with van der Waals surface area (Å²) in [7, 11) is 2.99. The topological polar surface area (TPSA) is 243 Å². The molecule has 340 valence electrons. The zero-order valence-electron chi connectivity index (χ0n) is 37.9. The van der Waals surface area contributed by atoms with Crippen molar-refractivity contribution in [1.82, 2.24) is 31.2 Å². The molecular formula is C48H61N9O7. The van der Waals surface area contributed by atoms with E-state index in [1.165, 1.54) is 36.7 Å². The number of rotatable bonds is 13. The fourth-order valence-corrected chi connectivity index (χ4v) is 7.65. The first kappa shape index (κ1) is 48.4. The van der Waals surface area contributed by atoms with Gasteiger partial charge in [0, 0.05) is 50.0 Å². The number of hydrogen-bond acceptors (Lipinski definition) is 11. The maximum atomic E-state index is 14.6. The van der Waals surface area contributed by atoms with Crippen molar-refractivity contribution in [3.8, 4) is 33.9 Å². The molecule has 4 aromatic rings. The number of nitrogens with two attached hydrogens (primary N) is 2. The Bertz CT molecular complexity index is 2370. The van der Waals surface area contributed by atoms with Crippen molar-refractivity contribution in [3.63, 3.8) is 0 Å². The highest BCUT2D eigenvalue weighted by atomic mass is 16.5. The third kappa shape index (κ3) is 11.5. The molecule has 0 saturated carbocycles. The second-order valence-electron chi connectivity index (χ2n) is 17.0. The van der Waals surface area contributed by atoms with E-state index in [0.29, 0.717) is 50.5 Å². The molecule has 0 radical (unpaired) electrons. The molecule has 5 rings (SSSR count). The summed E-state index contributed by atoms with van der Waals surface area (Å²) in [5, 5.41) is 22.3. The average Bonchev–Trinajstić information content (AvgIpc) is 3.25. The van der Waals surface area contributed by atoms with Crippen LogP contribution in [-0.4, -0.2) is 109 Å². The summed E-state index contributed by atoms with van der Waals surface area (Å²) in [5.41, 5.74) is 17.5. The molecule has 0 spiro atoms. The summed E-state index contributed by atoms with van der Waals surface area (Å²) in [6.45, 7) is 11.9. The van der Waals surface area contributed by atoms with Crippen LogP contribution in [0.5, 0.6) is 11.5 Å². The lowest BCUT2D eigenvalue weighted by molar-refractivity contribution is -0.141. The van der Waals surface area contributed by atoms with Crippen molar-refractivity contribution in [2.24, 2.45) is 16.5 Å². The number of nitrogens with zero attached hydrogens (tertiary/aromatic N) is 3. The van der Waals surface area contributed by atoms with E-state index in [2.05, 4.69) is 59.2 Å². The number of fused-ring (bicyclic) bond motifs is 5. The number of aromatic hydroxyl groups is 1. The van der Waals surface area contributed by atoms with Gasteiger partial charge in [0.2, 0.25) is 23.6 Å². The van der Waals surface area contributed by atoms with E-state index >= 15 is 0 Å². The van der Waals surface area contributed by atoms with Gasteiger partial charge in [-0.25, -0.2) is 0 Å². The molecule has 3 aromatic carbocycles. The van der Waals surface area contributed by atoms with Crippen LogP contribution >= 0.6 is 0 Å². The quantitative estimate of drug-likeness (QED) is 0.0966. The number of pyridine rings is 1. The summed E-state index contributed by atoms with van der Waals surface area (Å²) in [6, 6.07) is 14.8. The van der Waals surface area contributed by atoms with Crippen molar-refractivity contribution in [3.05, 3.63) is 100 Å². The van der Waals surface area contributed by atoms with Crippen LogP contribution in [0.1, 0.15) is 78.5 Å².